The van der Waals surface area contributed by atoms with Crippen LogP contribution >= 0.6 is 0 Å². The molecule has 1 aliphatic heterocycles. The number of imidazole rings is 1. The van der Waals surface area contributed by atoms with Gasteiger partial charge in [-0.2, -0.15) is 0 Å². The number of anilines is 1. The molecule has 2 aromatic heterocycles. The van der Waals surface area contributed by atoms with Crippen LogP contribution in [0.4, 0.5) is 5.82 Å². The Morgan fingerprint density at radius 2 is 2.22 bits per heavy atom. The highest BCUT2D eigenvalue weighted by Gasteiger charge is 2.60. The van der Waals surface area contributed by atoms with Gasteiger partial charge in [0.15, 0.2) is 11.5 Å². The summed E-state index contributed by atoms with van der Waals surface area (Å²) in [6.07, 6.45) is -1.91. The van der Waals surface area contributed by atoms with Crippen molar-refractivity contribution in [3.8, 4) is 0 Å². The average molecular weight is 324 g/mol. The third-order valence-electron chi connectivity index (χ3n) is 3.89. The van der Waals surface area contributed by atoms with Gasteiger partial charge in [0, 0.05) is 7.05 Å². The van der Waals surface area contributed by atoms with Crippen LogP contribution in [-0.4, -0.2) is 72.7 Å². The summed E-state index contributed by atoms with van der Waals surface area (Å²) in [7, 11) is 1.35. The minimum absolute atomic E-state index is 0.0903. The Hall–Kier alpha value is -2.34. The maximum atomic E-state index is 12.5. The van der Waals surface area contributed by atoms with Gasteiger partial charge in [-0.3, -0.25) is 9.36 Å². The SMILES string of the molecule is CNC(=O)[C@@]1(n2cnc3c(N)ncnc32)O[C@H](CO)[C@@H](O)[C@H]1O. The van der Waals surface area contributed by atoms with Crippen molar-refractivity contribution in [1.82, 2.24) is 24.8 Å². The highest BCUT2D eigenvalue weighted by Crippen LogP contribution is 2.38. The number of carbonyl (C=O) groups is 1. The quantitative estimate of drug-likeness (QED) is 0.393. The fraction of sp³-hybridized carbons (Fsp3) is 0.500. The van der Waals surface area contributed by atoms with E-state index in [4.69, 9.17) is 10.5 Å². The van der Waals surface area contributed by atoms with Gasteiger partial charge < -0.3 is 31.1 Å². The largest absolute Gasteiger partial charge is 0.394 e. The van der Waals surface area contributed by atoms with Crippen LogP contribution in [0.2, 0.25) is 0 Å². The number of rotatable bonds is 3. The van der Waals surface area contributed by atoms with Gasteiger partial charge in [-0.25, -0.2) is 15.0 Å². The Kier molecular flexibility index (Phi) is 3.64. The second-order valence-corrected chi connectivity index (χ2v) is 5.10. The molecule has 4 atom stereocenters. The molecule has 0 saturated carbocycles. The van der Waals surface area contributed by atoms with Crippen LogP contribution in [0, 0.1) is 0 Å². The molecule has 1 saturated heterocycles. The predicted octanol–water partition coefficient (Wildman–Crippen LogP) is -3.08. The van der Waals surface area contributed by atoms with Crippen molar-refractivity contribution < 1.29 is 24.9 Å². The second-order valence-electron chi connectivity index (χ2n) is 5.10. The predicted molar refractivity (Wildman–Crippen MR) is 75.7 cm³/mol. The fourth-order valence-corrected chi connectivity index (χ4v) is 2.72. The maximum Gasteiger partial charge on any atom is 0.276 e. The number of fused-ring (bicyclic) bond motifs is 1. The number of likely N-dealkylation sites (N-methyl/N-ethyl adjacent to an activating group) is 1. The van der Waals surface area contributed by atoms with Crippen molar-refractivity contribution in [2.45, 2.75) is 24.0 Å². The number of aliphatic hydroxyl groups is 3. The Balaban J connectivity index is 2.24. The molecule has 11 heteroatoms. The topological polar surface area (TPSA) is 169 Å². The highest BCUT2D eigenvalue weighted by molar-refractivity contribution is 5.88. The van der Waals surface area contributed by atoms with E-state index in [0.717, 1.165) is 0 Å². The van der Waals surface area contributed by atoms with Crippen molar-refractivity contribution in [2.24, 2.45) is 0 Å². The molecule has 0 aromatic carbocycles. The van der Waals surface area contributed by atoms with Crippen molar-refractivity contribution >= 4 is 22.9 Å². The molecular weight excluding hydrogens is 308 g/mol. The van der Waals surface area contributed by atoms with Gasteiger partial charge in [0.1, 0.15) is 36.5 Å². The van der Waals surface area contributed by atoms with Gasteiger partial charge in [-0.05, 0) is 0 Å². The summed E-state index contributed by atoms with van der Waals surface area (Å²) in [5, 5.41) is 32.2. The molecule has 2 aromatic rings. The Morgan fingerprint density at radius 3 is 2.83 bits per heavy atom. The summed E-state index contributed by atoms with van der Waals surface area (Å²) in [6, 6.07) is 0. The number of hydrogen-bond donors (Lipinski definition) is 5. The summed E-state index contributed by atoms with van der Waals surface area (Å²) in [6.45, 7) is -0.583. The number of nitrogens with one attached hydrogen (secondary N) is 1. The lowest BCUT2D eigenvalue weighted by atomic mass is 10.0. The third kappa shape index (κ3) is 1.98. The zero-order valence-corrected chi connectivity index (χ0v) is 12.1. The first-order valence-corrected chi connectivity index (χ1v) is 6.78. The van der Waals surface area contributed by atoms with Gasteiger partial charge in [-0.1, -0.05) is 0 Å². The van der Waals surface area contributed by atoms with Gasteiger partial charge in [0.2, 0.25) is 0 Å². The number of aromatic nitrogens is 4. The lowest BCUT2D eigenvalue weighted by Gasteiger charge is -2.31. The molecule has 1 amide bonds. The van der Waals surface area contributed by atoms with Crippen molar-refractivity contribution in [3.63, 3.8) is 0 Å². The molecule has 3 heterocycles. The summed E-state index contributed by atoms with van der Waals surface area (Å²) in [4.78, 5) is 24.3. The van der Waals surface area contributed by atoms with E-state index in [1.807, 2.05) is 0 Å². The van der Waals surface area contributed by atoms with Crippen LogP contribution in [0.25, 0.3) is 11.2 Å². The fourth-order valence-electron chi connectivity index (χ4n) is 2.72. The molecule has 0 spiro atoms. The zero-order chi connectivity index (χ0) is 16.8. The number of amides is 1. The van der Waals surface area contributed by atoms with Crippen LogP contribution in [0.3, 0.4) is 0 Å². The van der Waals surface area contributed by atoms with E-state index < -0.39 is 36.6 Å². The molecule has 23 heavy (non-hydrogen) atoms. The average Bonchev–Trinajstić information content (AvgIpc) is 3.09. The van der Waals surface area contributed by atoms with E-state index in [-0.39, 0.29) is 17.0 Å². The molecule has 3 rings (SSSR count). The molecule has 0 bridgehead atoms. The molecule has 0 unspecified atom stereocenters. The summed E-state index contributed by atoms with van der Waals surface area (Å²) < 4.78 is 6.70. The molecule has 0 aliphatic carbocycles. The van der Waals surface area contributed by atoms with E-state index >= 15 is 0 Å². The van der Waals surface area contributed by atoms with E-state index in [2.05, 4.69) is 20.3 Å². The molecule has 124 valence electrons. The van der Waals surface area contributed by atoms with E-state index in [1.54, 1.807) is 0 Å². The van der Waals surface area contributed by atoms with E-state index in [0.29, 0.717) is 0 Å². The first kappa shape index (κ1) is 15.6. The van der Waals surface area contributed by atoms with Gasteiger partial charge in [0.05, 0.1) is 6.61 Å². The molecular formula is C12H16N6O5. The number of hydrogen-bond acceptors (Lipinski definition) is 9. The lowest BCUT2D eigenvalue weighted by molar-refractivity contribution is -0.175. The normalized spacial score (nSPS) is 30.7. The molecule has 11 nitrogen and oxygen atoms in total. The highest BCUT2D eigenvalue weighted by atomic mass is 16.6. The summed E-state index contributed by atoms with van der Waals surface area (Å²) in [5.41, 5.74) is 4.03. The Morgan fingerprint density at radius 1 is 1.48 bits per heavy atom. The number of nitrogen functional groups attached to an aromatic ring is 1. The number of aliphatic hydroxyl groups excluding tert-OH is 3. The van der Waals surface area contributed by atoms with Gasteiger partial charge in [0.25, 0.3) is 11.6 Å². The van der Waals surface area contributed by atoms with Gasteiger partial charge in [-0.15, -0.1) is 0 Å². The Labute approximate surface area is 129 Å². The van der Waals surface area contributed by atoms with Crippen LogP contribution in [-0.2, 0) is 15.3 Å². The minimum Gasteiger partial charge on any atom is -0.394 e. The van der Waals surface area contributed by atoms with Gasteiger partial charge >= 0.3 is 0 Å². The smallest absolute Gasteiger partial charge is 0.276 e. The standard InChI is InChI=1S/C12H16N6O5/c1-14-11(22)12(8(21)7(20)5(2-19)23-12)18-4-17-6-9(13)15-3-16-10(6)18/h3-5,7-8,19-21H,2H2,1H3,(H,14,22)(H2,13,15,16)/t5-,7-,8-,12+/m1/s1. The minimum atomic E-state index is -2.04. The molecule has 0 radical (unpaired) electrons. The van der Waals surface area contributed by atoms with Crippen LogP contribution in [0.5, 0.6) is 0 Å². The van der Waals surface area contributed by atoms with Crippen LogP contribution < -0.4 is 11.1 Å². The second kappa shape index (κ2) is 5.38. The maximum absolute atomic E-state index is 12.5. The number of nitrogens with zero attached hydrogens (tertiary/aromatic N) is 4. The van der Waals surface area contributed by atoms with Crippen LogP contribution in [0.1, 0.15) is 0 Å². The number of carbonyl (C=O) groups excluding carboxylic acids is 1. The monoisotopic (exact) mass is 324 g/mol. The van der Waals surface area contributed by atoms with Crippen LogP contribution in [0.15, 0.2) is 12.7 Å². The first-order chi connectivity index (χ1) is 11.0. The lowest BCUT2D eigenvalue weighted by Crippen LogP contribution is -2.55. The van der Waals surface area contributed by atoms with Crippen molar-refractivity contribution in [3.05, 3.63) is 12.7 Å². The van der Waals surface area contributed by atoms with E-state index in [9.17, 15) is 20.1 Å². The van der Waals surface area contributed by atoms with Crippen molar-refractivity contribution in [2.75, 3.05) is 19.4 Å². The zero-order valence-electron chi connectivity index (χ0n) is 12.1. The Bertz CT molecular complexity index is 751. The first-order valence-electron chi connectivity index (χ1n) is 6.78. The number of nitrogens with two attached hydrogens (primary N) is 1. The van der Waals surface area contributed by atoms with E-state index in [1.165, 1.54) is 24.3 Å². The number of ether oxygens (including phenoxy) is 1. The summed E-state index contributed by atoms with van der Waals surface area (Å²) in [5.74, 6) is -0.649. The summed E-state index contributed by atoms with van der Waals surface area (Å²) >= 11 is 0. The molecule has 1 fully saturated rings. The van der Waals surface area contributed by atoms with Crippen molar-refractivity contribution in [1.29, 1.82) is 0 Å². The third-order valence-corrected chi connectivity index (χ3v) is 3.89. The molecule has 1 aliphatic rings. The molecule has 6 N–H and O–H groups in total.